The SMILES string of the molecule is CCCCCCCCCCCCCCCCCCC[C@H](COP(=O)(O)OC[C@H]1O[C@@](C#N)(c2ccc3c(N)ncnn23)[C@@H]2OC(C)(C)O[C@@H]21)OCc1cc(F)cc(C#N)c1.CCCCCCCCCCCCCCCCCCC[C@H](COP(=O)(OC[C@H]1O[C@@](C#N)(c2ccc3c(N)ncnn23)[C@@H]2OC(C)(C)O[C@@H]21)Oc1ccccc1Cl)OCc1cc(F)cc(C#N)c1. The molecular weight excluding hydrogens is 1690 g/mol. The summed E-state index contributed by atoms with van der Waals surface area (Å²) in [4.78, 5) is 18.9. The summed E-state index contributed by atoms with van der Waals surface area (Å²) in [6.45, 7) is 9.92. The number of halogens is 3. The molecule has 11 rings (SSSR count). The summed E-state index contributed by atoms with van der Waals surface area (Å²) in [6.07, 6.45) is 39.0. The molecule has 28 nitrogen and oxygen atoms in total. The van der Waals surface area contributed by atoms with Crippen LogP contribution in [0, 0.1) is 57.0 Å². The highest BCUT2D eigenvalue weighted by atomic mass is 35.5. The molecule has 33 heteroatoms. The van der Waals surface area contributed by atoms with E-state index in [1.54, 1.807) is 82.3 Å². The minimum atomic E-state index is -4.70. The van der Waals surface area contributed by atoms with E-state index in [1.807, 2.05) is 12.1 Å². The van der Waals surface area contributed by atoms with Gasteiger partial charge in [-0.1, -0.05) is 256 Å². The van der Waals surface area contributed by atoms with Gasteiger partial charge < -0.3 is 58.8 Å². The molecule has 4 fully saturated rings. The zero-order chi connectivity index (χ0) is 90.7. The molecule has 5 N–H and O–H groups in total. The smallest absolute Gasteiger partial charge is 0.402 e. The predicted molar refractivity (Wildman–Crippen MR) is 477 cm³/mol. The molecule has 7 aromatic rings. The quantitative estimate of drug-likeness (QED) is 0.0235. The first-order valence-electron chi connectivity index (χ1n) is 45.9. The Morgan fingerprint density at radius 3 is 1.24 bits per heavy atom. The number of aromatic nitrogens is 6. The molecule has 0 amide bonds. The Hall–Kier alpha value is -7.65. The highest BCUT2D eigenvalue weighted by Crippen LogP contribution is 2.56. The standard InChI is InChI=1S/C50H67ClFN6O8P.C44H64FN6O8P/c1-4-5-6-7-8-9-10-11-12-13-14-15-16-17-18-19-20-23-40(60-32-38-28-37(31-53)29-39(52)30-38)33-61-67(59,66-43-25-22-21-24-41(43)51)62-34-44-46-47(65-49(2,3)64-46)50(35-54,63-44)45-27-26-42-48(55)56-36-57-58(42)45;1-4-5-6-7-8-9-10-11-12-13-14-15-16-17-18-19-20-21-36(54-28-34-24-33(27-46)25-35(45)26-34)29-55-60(52,53)56-30-38-40-41(59-43(2,3)58-40)44(31-47,57-38)39-23-22-37-42(48)49-32-50-51(37)39/h21-22,24-30,36,40,44,46-47H,4-20,23,32-34H2,1-3H3,(H2,55,56,57);22-26,32,36,38,40-41H,4-21,28-30H2,1-3H3,(H,52,53)(H2,48,49,50)/t40-,44-,46-,47-,50+,67?;36-,38-,40-,41-,44+/m11/s1. The van der Waals surface area contributed by atoms with E-state index in [2.05, 4.69) is 46.2 Å². The maximum absolute atomic E-state index is 14.8. The van der Waals surface area contributed by atoms with E-state index in [0.29, 0.717) is 46.4 Å². The number of phosphoric ester groups is 2. The Morgan fingerprint density at radius 1 is 0.488 bits per heavy atom. The normalized spacial score (nSPS) is 21.7. The van der Waals surface area contributed by atoms with E-state index >= 15 is 0 Å². The number of anilines is 2. The van der Waals surface area contributed by atoms with Gasteiger partial charge in [0.2, 0.25) is 11.2 Å². The molecular formula is C94H131ClF2N12O16P2. The molecule has 3 aromatic carbocycles. The van der Waals surface area contributed by atoms with Crippen LogP contribution in [0.4, 0.5) is 20.4 Å². The van der Waals surface area contributed by atoms with Gasteiger partial charge in [-0.25, -0.2) is 36.9 Å². The molecule has 4 aromatic heterocycles. The van der Waals surface area contributed by atoms with E-state index < -0.39 is 112 Å². The summed E-state index contributed by atoms with van der Waals surface area (Å²) >= 11 is 6.48. The fourth-order valence-corrected chi connectivity index (χ4v) is 19.3. The molecule has 0 saturated carbocycles. The molecule has 694 valence electrons. The van der Waals surface area contributed by atoms with E-state index in [-0.39, 0.29) is 60.0 Å². The molecule has 127 heavy (non-hydrogen) atoms. The number of nitriles is 4. The van der Waals surface area contributed by atoms with Crippen molar-refractivity contribution in [3.05, 3.63) is 148 Å². The summed E-state index contributed by atoms with van der Waals surface area (Å²) in [6, 6.07) is 29.6. The van der Waals surface area contributed by atoms with Crippen LogP contribution < -0.4 is 16.0 Å². The fourth-order valence-electron chi connectivity index (χ4n) is 17.0. The van der Waals surface area contributed by atoms with Gasteiger partial charge in [-0.05, 0) is 124 Å². The van der Waals surface area contributed by atoms with Crippen LogP contribution >= 0.6 is 27.2 Å². The van der Waals surface area contributed by atoms with Gasteiger partial charge in [0.25, 0.3) is 0 Å². The van der Waals surface area contributed by atoms with Gasteiger partial charge in [0.05, 0.1) is 91.5 Å². The Kier molecular flexibility index (Phi) is 40.5. The van der Waals surface area contributed by atoms with Crippen LogP contribution in [-0.4, -0.2) is 121 Å². The highest BCUT2D eigenvalue weighted by molar-refractivity contribution is 7.49. The Morgan fingerprint density at radius 2 is 0.858 bits per heavy atom. The molecule has 0 bridgehead atoms. The second-order valence-corrected chi connectivity index (χ2v) is 38.1. The van der Waals surface area contributed by atoms with Gasteiger partial charge in [-0.2, -0.15) is 31.2 Å². The summed E-state index contributed by atoms with van der Waals surface area (Å²) in [5, 5.41) is 49.0. The first kappa shape index (κ1) is 101. The summed E-state index contributed by atoms with van der Waals surface area (Å²) < 4.78 is 139. The van der Waals surface area contributed by atoms with Crippen LogP contribution in [0.15, 0.2) is 97.6 Å². The number of para-hydroxylation sites is 1. The molecule has 0 radical (unpaired) electrons. The van der Waals surface area contributed by atoms with Gasteiger partial charge in [-0.15, -0.1) is 0 Å². The van der Waals surface area contributed by atoms with Crippen molar-refractivity contribution in [1.82, 2.24) is 29.2 Å². The minimum absolute atomic E-state index is 0.0245. The lowest BCUT2D eigenvalue weighted by atomic mass is 9.92. The second kappa shape index (κ2) is 50.7. The molecule has 4 saturated heterocycles. The topological polar surface area (TPSA) is 382 Å². The Labute approximate surface area is 752 Å². The molecule has 12 atom stereocenters. The molecule has 4 aliphatic heterocycles. The number of unbranched alkanes of at least 4 members (excludes halogenated alkanes) is 32. The van der Waals surface area contributed by atoms with E-state index in [4.69, 9.17) is 83.6 Å². The maximum Gasteiger partial charge on any atom is 0.530 e. The van der Waals surface area contributed by atoms with Crippen molar-refractivity contribution in [3.8, 4) is 30.0 Å². The average molecular weight is 1820 g/mol. The van der Waals surface area contributed by atoms with E-state index in [0.717, 1.165) is 63.5 Å². The van der Waals surface area contributed by atoms with Crippen LogP contribution in [0.5, 0.6) is 5.75 Å². The van der Waals surface area contributed by atoms with Crippen molar-refractivity contribution in [2.75, 3.05) is 37.9 Å². The van der Waals surface area contributed by atoms with Crippen LogP contribution in [0.2, 0.25) is 5.02 Å². The lowest BCUT2D eigenvalue weighted by molar-refractivity contribution is -0.204. The van der Waals surface area contributed by atoms with Crippen molar-refractivity contribution in [2.45, 2.75) is 358 Å². The maximum atomic E-state index is 14.8. The number of hydrogen-bond acceptors (Lipinski definition) is 25. The van der Waals surface area contributed by atoms with Crippen LogP contribution in [-0.2, 0) is 89.5 Å². The number of nitrogens with two attached hydrogens (primary N) is 2. The molecule has 4 aliphatic rings. The monoisotopic (exact) mass is 1820 g/mol. The number of fused-ring (bicyclic) bond motifs is 4. The van der Waals surface area contributed by atoms with Gasteiger partial charge in [0, 0.05) is 0 Å². The fraction of sp³-hybridized carbons (Fsp3) is 0.638. The van der Waals surface area contributed by atoms with Crippen molar-refractivity contribution >= 4 is 49.9 Å². The third-order valence-electron chi connectivity index (χ3n) is 23.6. The minimum Gasteiger partial charge on any atom is -0.402 e. The molecule has 0 aliphatic carbocycles. The summed E-state index contributed by atoms with van der Waals surface area (Å²) in [5.41, 5.74) is 11.5. The van der Waals surface area contributed by atoms with Gasteiger partial charge in [0.1, 0.15) is 89.8 Å². The zero-order valence-corrected chi connectivity index (χ0v) is 77.3. The van der Waals surface area contributed by atoms with Crippen molar-refractivity contribution in [1.29, 1.82) is 21.0 Å². The Bertz CT molecular complexity index is 4850. The van der Waals surface area contributed by atoms with Crippen molar-refractivity contribution < 1.29 is 83.3 Å². The lowest BCUT2D eigenvalue weighted by Gasteiger charge is -2.29. The van der Waals surface area contributed by atoms with Crippen molar-refractivity contribution in [3.63, 3.8) is 0 Å². The van der Waals surface area contributed by atoms with E-state index in [9.17, 15) is 43.9 Å². The third kappa shape index (κ3) is 30.2. The number of benzene rings is 3. The largest absolute Gasteiger partial charge is 0.530 e. The zero-order valence-electron chi connectivity index (χ0n) is 74.8. The van der Waals surface area contributed by atoms with E-state index in [1.165, 1.54) is 207 Å². The van der Waals surface area contributed by atoms with Crippen LogP contribution in [0.25, 0.3) is 11.0 Å². The lowest BCUT2D eigenvalue weighted by Crippen LogP contribution is -2.40. The number of nitrogens with zero attached hydrogens (tertiary/aromatic N) is 10. The van der Waals surface area contributed by atoms with Gasteiger partial charge >= 0.3 is 15.6 Å². The molecule has 0 spiro atoms. The number of phosphoric acid groups is 2. The van der Waals surface area contributed by atoms with Crippen LogP contribution in [0.1, 0.15) is 306 Å². The summed E-state index contributed by atoms with van der Waals surface area (Å²) in [5.74, 6) is -2.87. The number of ether oxygens (including phenoxy) is 8. The average Bonchev–Trinajstić information content (AvgIpc) is 1.56. The molecule has 8 heterocycles. The number of nitrogen functional groups attached to an aromatic ring is 2. The first-order chi connectivity index (χ1) is 61.3. The number of rotatable bonds is 58. The van der Waals surface area contributed by atoms with Crippen LogP contribution in [0.3, 0.4) is 0 Å². The number of hydrogen-bond donors (Lipinski definition) is 3. The van der Waals surface area contributed by atoms with Crippen molar-refractivity contribution in [2.24, 2.45) is 0 Å². The van der Waals surface area contributed by atoms with Gasteiger partial charge in [0.15, 0.2) is 23.2 Å². The second-order valence-electron chi connectivity index (χ2n) is 34.7. The predicted octanol–water partition coefficient (Wildman–Crippen LogP) is 22.2. The highest BCUT2D eigenvalue weighted by Gasteiger charge is 2.67. The first-order valence-corrected chi connectivity index (χ1v) is 49.3. The van der Waals surface area contributed by atoms with Gasteiger partial charge in [-0.3, -0.25) is 18.1 Å². The molecule has 2 unspecified atom stereocenters. The summed E-state index contributed by atoms with van der Waals surface area (Å²) in [7, 11) is -9.26. The Balaban J connectivity index is 0.000000266. The third-order valence-corrected chi connectivity index (χ3v) is 26.2.